The van der Waals surface area contributed by atoms with Gasteiger partial charge in [-0.2, -0.15) is 26.3 Å². The lowest BCUT2D eigenvalue weighted by atomic mass is 10.1. The van der Waals surface area contributed by atoms with Crippen LogP contribution >= 0.6 is 0 Å². The topological polar surface area (TPSA) is 50.2 Å². The summed E-state index contributed by atoms with van der Waals surface area (Å²) in [6.07, 6.45) is -8.85. The summed E-state index contributed by atoms with van der Waals surface area (Å²) in [4.78, 5) is 13.0. The van der Waals surface area contributed by atoms with E-state index in [1.165, 1.54) is 0 Å². The third-order valence-corrected chi connectivity index (χ3v) is 1.94. The van der Waals surface area contributed by atoms with Crippen LogP contribution in [0.15, 0.2) is 18.3 Å². The molecule has 1 aromatic rings. The normalized spacial score (nSPS) is 12.9. The van der Waals surface area contributed by atoms with Gasteiger partial charge in [0, 0.05) is 17.8 Å². The third kappa shape index (κ3) is 3.97. The maximum Gasteiger partial charge on any atom is 0.433 e. The first kappa shape index (κ1) is 15.0. The smallest absolute Gasteiger partial charge is 0.433 e. The van der Waals surface area contributed by atoms with Gasteiger partial charge in [0.05, 0.1) is 5.56 Å². The first-order valence-electron chi connectivity index (χ1n) is 4.57. The highest BCUT2D eigenvalue weighted by Gasteiger charge is 2.38. The molecule has 1 N–H and O–H groups in total. The second kappa shape index (κ2) is 4.90. The number of pyridine rings is 1. The summed E-state index contributed by atoms with van der Waals surface area (Å²) in [5.74, 6) is -1.53. The van der Waals surface area contributed by atoms with E-state index >= 15 is 0 Å². The van der Waals surface area contributed by atoms with E-state index in [2.05, 4.69) is 4.98 Å². The van der Waals surface area contributed by atoms with E-state index < -0.39 is 35.1 Å². The van der Waals surface area contributed by atoms with Gasteiger partial charge < -0.3 is 5.11 Å². The number of carboxylic acids is 1. The molecule has 0 aliphatic carbocycles. The van der Waals surface area contributed by atoms with Crippen LogP contribution in [0.25, 0.3) is 6.08 Å². The lowest BCUT2D eigenvalue weighted by molar-refractivity contribution is -0.145. The second-order valence-corrected chi connectivity index (χ2v) is 3.32. The van der Waals surface area contributed by atoms with E-state index in [-0.39, 0.29) is 6.07 Å². The van der Waals surface area contributed by atoms with Crippen LogP contribution in [0.1, 0.15) is 16.8 Å². The highest BCUT2D eigenvalue weighted by molar-refractivity contribution is 5.85. The van der Waals surface area contributed by atoms with E-state index in [1.54, 1.807) is 0 Å². The van der Waals surface area contributed by atoms with Crippen molar-refractivity contribution >= 4 is 12.0 Å². The Morgan fingerprint density at radius 1 is 1.16 bits per heavy atom. The molecule has 0 bridgehead atoms. The number of hydrogen-bond donors (Lipinski definition) is 1. The molecule has 0 aliphatic heterocycles. The minimum atomic E-state index is -5.05. The first-order valence-corrected chi connectivity index (χ1v) is 4.57. The number of carboxylic acid groups (broad SMARTS) is 1. The number of alkyl halides is 6. The quantitative estimate of drug-likeness (QED) is 0.670. The van der Waals surface area contributed by atoms with Gasteiger partial charge in [-0.15, -0.1) is 0 Å². The van der Waals surface area contributed by atoms with E-state index in [0.29, 0.717) is 18.3 Å². The highest BCUT2D eigenvalue weighted by atomic mass is 19.4. The number of carbonyl (C=O) groups is 1. The van der Waals surface area contributed by atoms with Crippen LogP contribution in [0, 0.1) is 0 Å². The van der Waals surface area contributed by atoms with Crippen molar-refractivity contribution in [1.82, 2.24) is 4.98 Å². The minimum absolute atomic E-state index is 0.165. The maximum atomic E-state index is 12.6. The number of hydrogen-bond acceptors (Lipinski definition) is 2. The SMILES string of the molecule is O=C(O)/C=C/c1cnc(C(F)(F)F)cc1C(F)(F)F. The molecule has 0 aromatic carbocycles. The molecular formula is C10H5F6NO2. The molecule has 0 unspecified atom stereocenters. The van der Waals surface area contributed by atoms with Gasteiger partial charge >= 0.3 is 18.3 Å². The van der Waals surface area contributed by atoms with Crippen LogP contribution in [-0.2, 0) is 17.1 Å². The molecule has 0 amide bonds. The predicted octanol–water partition coefficient (Wildman–Crippen LogP) is 3.22. The van der Waals surface area contributed by atoms with Crippen molar-refractivity contribution in [2.45, 2.75) is 12.4 Å². The Morgan fingerprint density at radius 2 is 1.74 bits per heavy atom. The summed E-state index contributed by atoms with van der Waals surface area (Å²) in [6.45, 7) is 0. The molecule has 0 radical (unpaired) electrons. The molecule has 0 atom stereocenters. The van der Waals surface area contributed by atoms with Crippen LogP contribution in [0.4, 0.5) is 26.3 Å². The molecule has 0 saturated heterocycles. The first-order chi connectivity index (χ1) is 8.51. The van der Waals surface area contributed by atoms with Gasteiger partial charge in [-0.3, -0.25) is 4.98 Å². The predicted molar refractivity (Wildman–Crippen MR) is 50.9 cm³/mol. The minimum Gasteiger partial charge on any atom is -0.478 e. The van der Waals surface area contributed by atoms with Crippen molar-refractivity contribution in [3.05, 3.63) is 35.2 Å². The summed E-state index contributed by atoms with van der Waals surface area (Å²) >= 11 is 0. The highest BCUT2D eigenvalue weighted by Crippen LogP contribution is 2.36. The Balaban J connectivity index is 3.38. The number of aliphatic carboxylic acids is 1. The Labute approximate surface area is 102 Å². The number of rotatable bonds is 2. The van der Waals surface area contributed by atoms with E-state index in [0.717, 1.165) is 0 Å². The van der Waals surface area contributed by atoms with Gasteiger partial charge in [-0.05, 0) is 12.1 Å². The molecule has 0 aliphatic rings. The molecule has 9 heteroatoms. The molecule has 0 saturated carbocycles. The fraction of sp³-hybridized carbons (Fsp3) is 0.200. The van der Waals surface area contributed by atoms with Crippen LogP contribution in [-0.4, -0.2) is 16.1 Å². The van der Waals surface area contributed by atoms with E-state index in [9.17, 15) is 31.1 Å². The molecule has 1 heterocycles. The Bertz CT molecular complexity index is 518. The van der Waals surface area contributed by atoms with Gasteiger partial charge in [0.1, 0.15) is 5.69 Å². The molecule has 0 spiro atoms. The third-order valence-electron chi connectivity index (χ3n) is 1.94. The maximum absolute atomic E-state index is 12.6. The van der Waals surface area contributed by atoms with Crippen molar-refractivity contribution in [3.8, 4) is 0 Å². The zero-order valence-electron chi connectivity index (χ0n) is 8.88. The standard InChI is InChI=1S/C10H5F6NO2/c11-9(12,13)6-3-7(10(14,15)16)17-4-5(6)1-2-8(18)19/h1-4H,(H,18,19)/b2-1+. The summed E-state index contributed by atoms with van der Waals surface area (Å²) in [6, 6.07) is -0.165. The van der Waals surface area contributed by atoms with Gasteiger partial charge in [0.25, 0.3) is 0 Å². The fourth-order valence-corrected chi connectivity index (χ4v) is 1.16. The summed E-state index contributed by atoms with van der Waals surface area (Å²) in [5.41, 5.74) is -4.07. The Morgan fingerprint density at radius 3 is 2.16 bits per heavy atom. The molecule has 0 fully saturated rings. The number of nitrogens with zero attached hydrogens (tertiary/aromatic N) is 1. The molecule has 19 heavy (non-hydrogen) atoms. The largest absolute Gasteiger partial charge is 0.478 e. The molecule has 1 rings (SSSR count). The van der Waals surface area contributed by atoms with Crippen molar-refractivity contribution in [3.63, 3.8) is 0 Å². The van der Waals surface area contributed by atoms with Crippen LogP contribution in [0.3, 0.4) is 0 Å². The number of aromatic nitrogens is 1. The molecule has 104 valence electrons. The van der Waals surface area contributed by atoms with Crippen LogP contribution in [0.2, 0.25) is 0 Å². The van der Waals surface area contributed by atoms with Gasteiger partial charge in [0.2, 0.25) is 0 Å². The summed E-state index contributed by atoms with van der Waals surface area (Å²) in [5, 5.41) is 8.28. The lowest BCUT2D eigenvalue weighted by Gasteiger charge is -2.13. The number of halogens is 6. The van der Waals surface area contributed by atoms with Gasteiger partial charge in [-0.25, -0.2) is 4.79 Å². The van der Waals surface area contributed by atoms with Crippen molar-refractivity contribution in [2.24, 2.45) is 0 Å². The van der Waals surface area contributed by atoms with Crippen molar-refractivity contribution < 1.29 is 36.2 Å². The van der Waals surface area contributed by atoms with Gasteiger partial charge in [-0.1, -0.05) is 0 Å². The van der Waals surface area contributed by atoms with Crippen LogP contribution < -0.4 is 0 Å². The van der Waals surface area contributed by atoms with Crippen LogP contribution in [0.5, 0.6) is 0 Å². The van der Waals surface area contributed by atoms with Gasteiger partial charge in [0.15, 0.2) is 0 Å². The molecule has 3 nitrogen and oxygen atoms in total. The molecular weight excluding hydrogens is 280 g/mol. The molecule has 1 aromatic heterocycles. The average Bonchev–Trinajstić information content (AvgIpc) is 2.23. The second-order valence-electron chi connectivity index (χ2n) is 3.32. The van der Waals surface area contributed by atoms with E-state index in [4.69, 9.17) is 5.11 Å². The van der Waals surface area contributed by atoms with Crippen molar-refractivity contribution in [1.29, 1.82) is 0 Å². The zero-order valence-corrected chi connectivity index (χ0v) is 8.88. The zero-order chi connectivity index (χ0) is 14.8. The Hall–Kier alpha value is -2.06. The monoisotopic (exact) mass is 285 g/mol. The fourth-order valence-electron chi connectivity index (χ4n) is 1.16. The summed E-state index contributed by atoms with van der Waals surface area (Å²) in [7, 11) is 0. The Kier molecular flexibility index (Phi) is 3.87. The lowest BCUT2D eigenvalue weighted by Crippen LogP contribution is -2.14. The average molecular weight is 285 g/mol. The summed E-state index contributed by atoms with van der Waals surface area (Å²) < 4.78 is 74.5. The van der Waals surface area contributed by atoms with E-state index in [1.807, 2.05) is 0 Å². The van der Waals surface area contributed by atoms with Crippen molar-refractivity contribution in [2.75, 3.05) is 0 Å².